The highest BCUT2D eigenvalue weighted by Gasteiger charge is 2.15. The van der Waals surface area contributed by atoms with Gasteiger partial charge in [0, 0.05) is 24.7 Å². The highest BCUT2D eigenvalue weighted by molar-refractivity contribution is 5.96. The van der Waals surface area contributed by atoms with Gasteiger partial charge in [-0.3, -0.25) is 0 Å². The molecule has 0 unspecified atom stereocenters. The summed E-state index contributed by atoms with van der Waals surface area (Å²) < 4.78 is 0. The zero-order chi connectivity index (χ0) is 10.3. The average Bonchev–Trinajstić information content (AvgIpc) is 2.29. The van der Waals surface area contributed by atoms with Gasteiger partial charge < -0.3 is 4.90 Å². The number of rotatable bonds is 0. The third kappa shape index (κ3) is 1.30. The Morgan fingerprint density at radius 1 is 1.07 bits per heavy atom. The average molecular weight is 197 g/mol. The van der Waals surface area contributed by atoms with Gasteiger partial charge in [0.2, 0.25) is 0 Å². The Balaban J connectivity index is 2.35. The number of hydrogen-bond acceptors (Lipinski definition) is 1. The zero-order valence-electron chi connectivity index (χ0n) is 9.03. The van der Waals surface area contributed by atoms with E-state index >= 15 is 0 Å². The standard InChI is InChI=1S/C14H15N/c1-15-10-4-6-12-9-8-11-5-2-3-7-13(11)14(12)15/h2-3,5,7-9H,4,6,10H2,1H3. The zero-order valence-corrected chi connectivity index (χ0v) is 9.03. The normalized spacial score (nSPS) is 15.4. The van der Waals surface area contributed by atoms with E-state index in [-0.39, 0.29) is 0 Å². The van der Waals surface area contributed by atoms with Gasteiger partial charge in [0.05, 0.1) is 0 Å². The third-order valence-electron chi connectivity index (χ3n) is 3.31. The van der Waals surface area contributed by atoms with Crippen molar-refractivity contribution in [1.82, 2.24) is 0 Å². The fraction of sp³-hybridized carbons (Fsp3) is 0.286. The molecule has 1 nitrogen and oxygen atoms in total. The van der Waals surface area contributed by atoms with Crippen molar-refractivity contribution in [3.63, 3.8) is 0 Å². The second-order valence-electron chi connectivity index (χ2n) is 4.32. The van der Waals surface area contributed by atoms with Crippen molar-refractivity contribution in [2.75, 3.05) is 18.5 Å². The van der Waals surface area contributed by atoms with Gasteiger partial charge in [-0.05, 0) is 23.8 Å². The number of aryl methyl sites for hydroxylation is 1. The molecule has 1 heterocycles. The van der Waals surface area contributed by atoms with Gasteiger partial charge in [-0.2, -0.15) is 0 Å². The quantitative estimate of drug-likeness (QED) is 0.626. The first-order valence-corrected chi connectivity index (χ1v) is 5.58. The minimum absolute atomic E-state index is 1.18. The molecule has 0 aromatic heterocycles. The van der Waals surface area contributed by atoms with E-state index in [0.717, 1.165) is 0 Å². The van der Waals surface area contributed by atoms with Crippen LogP contribution in [0.15, 0.2) is 36.4 Å². The van der Waals surface area contributed by atoms with E-state index in [2.05, 4.69) is 48.3 Å². The maximum absolute atomic E-state index is 2.39. The highest BCUT2D eigenvalue weighted by atomic mass is 15.1. The number of benzene rings is 2. The molecule has 2 aromatic rings. The van der Waals surface area contributed by atoms with Crippen molar-refractivity contribution >= 4 is 16.5 Å². The molecule has 2 aromatic carbocycles. The van der Waals surface area contributed by atoms with E-state index in [1.807, 2.05) is 0 Å². The van der Waals surface area contributed by atoms with Crippen LogP contribution in [0.4, 0.5) is 5.69 Å². The lowest BCUT2D eigenvalue weighted by atomic mass is 9.97. The summed E-state index contributed by atoms with van der Waals surface area (Å²) >= 11 is 0. The summed E-state index contributed by atoms with van der Waals surface area (Å²) in [6.07, 6.45) is 2.51. The molecule has 0 radical (unpaired) electrons. The van der Waals surface area contributed by atoms with Gasteiger partial charge in [-0.15, -0.1) is 0 Å². The summed E-state index contributed by atoms with van der Waals surface area (Å²) in [7, 11) is 2.20. The van der Waals surface area contributed by atoms with Gasteiger partial charge in [0.25, 0.3) is 0 Å². The molecule has 15 heavy (non-hydrogen) atoms. The topological polar surface area (TPSA) is 3.24 Å². The molecule has 76 valence electrons. The van der Waals surface area contributed by atoms with Crippen LogP contribution >= 0.6 is 0 Å². The predicted molar refractivity (Wildman–Crippen MR) is 65.5 cm³/mol. The Kier molecular flexibility index (Phi) is 1.91. The Morgan fingerprint density at radius 2 is 1.93 bits per heavy atom. The minimum Gasteiger partial charge on any atom is -0.374 e. The molecule has 0 bridgehead atoms. The number of anilines is 1. The SMILES string of the molecule is CN1CCCc2ccc3ccccc3c21. The van der Waals surface area contributed by atoms with Gasteiger partial charge in [-0.1, -0.05) is 36.4 Å². The molecular formula is C14H15N. The van der Waals surface area contributed by atoms with E-state index in [1.54, 1.807) is 0 Å². The highest BCUT2D eigenvalue weighted by Crippen LogP contribution is 2.33. The van der Waals surface area contributed by atoms with Crippen LogP contribution in [0.2, 0.25) is 0 Å². The van der Waals surface area contributed by atoms with Crippen molar-refractivity contribution in [3.05, 3.63) is 42.0 Å². The van der Waals surface area contributed by atoms with Crippen LogP contribution in [-0.2, 0) is 6.42 Å². The van der Waals surface area contributed by atoms with Gasteiger partial charge in [-0.25, -0.2) is 0 Å². The molecule has 0 aliphatic carbocycles. The maximum Gasteiger partial charge on any atom is 0.0475 e. The Morgan fingerprint density at radius 3 is 2.87 bits per heavy atom. The van der Waals surface area contributed by atoms with Crippen LogP contribution in [0.1, 0.15) is 12.0 Å². The van der Waals surface area contributed by atoms with Crippen molar-refractivity contribution in [2.24, 2.45) is 0 Å². The van der Waals surface area contributed by atoms with Crippen molar-refractivity contribution < 1.29 is 0 Å². The van der Waals surface area contributed by atoms with Crippen LogP contribution in [0.5, 0.6) is 0 Å². The fourth-order valence-corrected chi connectivity index (χ4v) is 2.57. The van der Waals surface area contributed by atoms with Crippen LogP contribution in [0.25, 0.3) is 10.8 Å². The summed E-state index contributed by atoms with van der Waals surface area (Å²) in [5.74, 6) is 0. The maximum atomic E-state index is 2.39. The van der Waals surface area contributed by atoms with Crippen molar-refractivity contribution in [3.8, 4) is 0 Å². The van der Waals surface area contributed by atoms with Gasteiger partial charge in [0.15, 0.2) is 0 Å². The van der Waals surface area contributed by atoms with E-state index in [4.69, 9.17) is 0 Å². The molecule has 0 saturated carbocycles. The molecule has 1 aliphatic rings. The predicted octanol–water partition coefficient (Wildman–Crippen LogP) is 3.22. The molecule has 0 saturated heterocycles. The molecule has 0 N–H and O–H groups in total. The molecule has 1 heteroatoms. The smallest absolute Gasteiger partial charge is 0.0475 e. The Bertz CT molecular complexity index is 502. The Hall–Kier alpha value is -1.50. The third-order valence-corrected chi connectivity index (χ3v) is 3.31. The summed E-state index contributed by atoms with van der Waals surface area (Å²) in [6.45, 7) is 1.18. The minimum atomic E-state index is 1.18. The van der Waals surface area contributed by atoms with E-state index < -0.39 is 0 Å². The Labute approximate surface area is 90.3 Å². The van der Waals surface area contributed by atoms with Crippen molar-refractivity contribution in [2.45, 2.75) is 12.8 Å². The molecule has 0 atom stereocenters. The monoisotopic (exact) mass is 197 g/mol. The number of nitrogens with zero attached hydrogens (tertiary/aromatic N) is 1. The molecular weight excluding hydrogens is 182 g/mol. The fourth-order valence-electron chi connectivity index (χ4n) is 2.57. The summed E-state index contributed by atoms with van der Waals surface area (Å²) in [4.78, 5) is 2.39. The van der Waals surface area contributed by atoms with E-state index in [9.17, 15) is 0 Å². The molecule has 0 spiro atoms. The summed E-state index contributed by atoms with van der Waals surface area (Å²) in [5.41, 5.74) is 2.95. The van der Waals surface area contributed by atoms with Crippen molar-refractivity contribution in [1.29, 1.82) is 0 Å². The second kappa shape index (κ2) is 3.27. The first-order valence-electron chi connectivity index (χ1n) is 5.58. The molecule has 0 amide bonds. The molecule has 0 fully saturated rings. The van der Waals surface area contributed by atoms with Gasteiger partial charge in [0.1, 0.15) is 0 Å². The van der Waals surface area contributed by atoms with E-state index in [1.165, 1.54) is 41.4 Å². The molecule has 1 aliphatic heterocycles. The van der Waals surface area contributed by atoms with Crippen LogP contribution in [0, 0.1) is 0 Å². The van der Waals surface area contributed by atoms with Gasteiger partial charge >= 0.3 is 0 Å². The first-order chi connectivity index (χ1) is 7.36. The number of hydrogen-bond donors (Lipinski definition) is 0. The first kappa shape index (κ1) is 8.78. The summed E-state index contributed by atoms with van der Waals surface area (Å²) in [5, 5.41) is 2.75. The van der Waals surface area contributed by atoms with Crippen LogP contribution in [0.3, 0.4) is 0 Å². The second-order valence-corrected chi connectivity index (χ2v) is 4.32. The molecule has 3 rings (SSSR count). The largest absolute Gasteiger partial charge is 0.374 e. The van der Waals surface area contributed by atoms with Crippen LogP contribution < -0.4 is 4.90 Å². The lowest BCUT2D eigenvalue weighted by molar-refractivity contribution is 0.748. The lowest BCUT2D eigenvalue weighted by Crippen LogP contribution is -2.24. The summed E-state index contributed by atoms with van der Waals surface area (Å²) in [6, 6.07) is 13.2. The van der Waals surface area contributed by atoms with E-state index in [0.29, 0.717) is 0 Å². The van der Waals surface area contributed by atoms with Crippen LogP contribution in [-0.4, -0.2) is 13.6 Å². The lowest BCUT2D eigenvalue weighted by Gasteiger charge is -2.28. The number of fused-ring (bicyclic) bond motifs is 3.